The van der Waals surface area contributed by atoms with Crippen molar-refractivity contribution in [1.82, 2.24) is 0 Å². The van der Waals surface area contributed by atoms with E-state index in [1.165, 1.54) is 7.11 Å². The van der Waals surface area contributed by atoms with Crippen molar-refractivity contribution in [1.29, 1.82) is 0 Å². The SMILES string of the molecule is CO[C@@H]1O[C@H]2CO[C@H](c3ccccc3)O[C@H]2[C@H](OC(=O)c2ccccc2)[C@H]1OS(C)(=O)=O. The Hall–Kier alpha value is -2.34. The maximum absolute atomic E-state index is 12.8. The monoisotopic (exact) mass is 464 g/mol. The Morgan fingerprint density at radius 1 is 0.969 bits per heavy atom. The number of ether oxygens (including phenoxy) is 5. The van der Waals surface area contributed by atoms with Crippen molar-refractivity contribution in [2.45, 2.75) is 37.0 Å². The maximum Gasteiger partial charge on any atom is 0.338 e. The lowest BCUT2D eigenvalue weighted by atomic mass is 9.97. The first-order valence-electron chi connectivity index (χ1n) is 10.0. The molecule has 0 bridgehead atoms. The topological polar surface area (TPSA) is 107 Å². The molecule has 0 aromatic heterocycles. The molecule has 10 heteroatoms. The van der Waals surface area contributed by atoms with Gasteiger partial charge in [0, 0.05) is 12.7 Å². The van der Waals surface area contributed by atoms with Gasteiger partial charge < -0.3 is 23.7 Å². The minimum absolute atomic E-state index is 0.120. The predicted molar refractivity (Wildman–Crippen MR) is 111 cm³/mol. The molecule has 2 heterocycles. The van der Waals surface area contributed by atoms with Gasteiger partial charge >= 0.3 is 5.97 Å². The van der Waals surface area contributed by atoms with E-state index in [0.717, 1.165) is 11.8 Å². The molecule has 2 aromatic carbocycles. The number of carbonyl (C=O) groups excluding carboxylic acids is 1. The van der Waals surface area contributed by atoms with Gasteiger partial charge in [0.1, 0.15) is 12.2 Å². The van der Waals surface area contributed by atoms with Crippen molar-refractivity contribution in [3.63, 3.8) is 0 Å². The Labute approximate surface area is 186 Å². The predicted octanol–water partition coefficient (Wildman–Crippen LogP) is 2.04. The number of hydrogen-bond acceptors (Lipinski definition) is 9. The van der Waals surface area contributed by atoms with Crippen LogP contribution in [-0.4, -0.2) is 65.1 Å². The average molecular weight is 464 g/mol. The highest BCUT2D eigenvalue weighted by Gasteiger charge is 2.54. The number of hydrogen-bond donors (Lipinski definition) is 0. The van der Waals surface area contributed by atoms with Crippen LogP contribution in [0.15, 0.2) is 60.7 Å². The van der Waals surface area contributed by atoms with Crippen LogP contribution in [-0.2, 0) is 38.0 Å². The Balaban J connectivity index is 1.65. The lowest BCUT2D eigenvalue weighted by Crippen LogP contribution is -2.64. The molecule has 2 fully saturated rings. The molecule has 0 unspecified atom stereocenters. The van der Waals surface area contributed by atoms with Crippen molar-refractivity contribution in [2.75, 3.05) is 20.0 Å². The summed E-state index contributed by atoms with van der Waals surface area (Å²) in [7, 11) is -2.60. The van der Waals surface area contributed by atoms with E-state index in [1.807, 2.05) is 30.3 Å². The summed E-state index contributed by atoms with van der Waals surface area (Å²) in [5.41, 5.74) is 1.06. The van der Waals surface area contributed by atoms with Gasteiger partial charge in [-0.25, -0.2) is 4.79 Å². The summed E-state index contributed by atoms with van der Waals surface area (Å²) >= 11 is 0. The van der Waals surface area contributed by atoms with E-state index in [4.69, 9.17) is 27.9 Å². The molecule has 2 saturated heterocycles. The van der Waals surface area contributed by atoms with Crippen molar-refractivity contribution in [3.8, 4) is 0 Å². The summed E-state index contributed by atoms with van der Waals surface area (Å²) in [5, 5.41) is 0. The molecule has 0 saturated carbocycles. The van der Waals surface area contributed by atoms with E-state index in [0.29, 0.717) is 5.56 Å². The maximum atomic E-state index is 12.8. The Morgan fingerprint density at radius 2 is 1.62 bits per heavy atom. The molecule has 6 atom stereocenters. The van der Waals surface area contributed by atoms with E-state index in [1.54, 1.807) is 30.3 Å². The molecule has 0 N–H and O–H groups in total. The van der Waals surface area contributed by atoms with Gasteiger partial charge in [-0.2, -0.15) is 8.42 Å². The zero-order valence-corrected chi connectivity index (χ0v) is 18.3. The fraction of sp³-hybridized carbons (Fsp3) is 0.409. The number of carbonyl (C=O) groups is 1. The first-order chi connectivity index (χ1) is 15.4. The summed E-state index contributed by atoms with van der Waals surface area (Å²) < 4.78 is 58.0. The van der Waals surface area contributed by atoms with Crippen LogP contribution in [0.1, 0.15) is 22.2 Å². The van der Waals surface area contributed by atoms with Gasteiger partial charge in [0.25, 0.3) is 10.1 Å². The van der Waals surface area contributed by atoms with E-state index in [-0.39, 0.29) is 6.61 Å². The van der Waals surface area contributed by atoms with Gasteiger partial charge in [0.05, 0.1) is 18.4 Å². The van der Waals surface area contributed by atoms with Crippen LogP contribution < -0.4 is 0 Å². The first-order valence-corrected chi connectivity index (χ1v) is 11.8. The van der Waals surface area contributed by atoms with Crippen molar-refractivity contribution in [3.05, 3.63) is 71.8 Å². The molecule has 0 aliphatic carbocycles. The second kappa shape index (κ2) is 9.65. The third-order valence-electron chi connectivity index (χ3n) is 5.13. The van der Waals surface area contributed by atoms with Gasteiger partial charge in [-0.3, -0.25) is 4.18 Å². The number of benzene rings is 2. The standard InChI is InChI=1S/C22H24O9S/c1-26-22-19(31-32(2,24)25)18(29-20(23)14-9-5-3-6-10-14)17-16(28-22)13-27-21(30-17)15-11-7-4-8-12-15/h3-12,16-19,21-22H,13H2,1-2H3/t16-,17+,18-,19+,21-,22+/m0/s1. The van der Waals surface area contributed by atoms with Crippen LogP contribution in [0.5, 0.6) is 0 Å². The van der Waals surface area contributed by atoms with Crippen LogP contribution in [0.2, 0.25) is 0 Å². The van der Waals surface area contributed by atoms with Crippen LogP contribution in [0.25, 0.3) is 0 Å². The van der Waals surface area contributed by atoms with Crippen molar-refractivity contribution in [2.24, 2.45) is 0 Å². The van der Waals surface area contributed by atoms with Gasteiger partial charge in [-0.1, -0.05) is 48.5 Å². The minimum Gasteiger partial charge on any atom is -0.453 e. The normalized spacial score (nSPS) is 30.3. The van der Waals surface area contributed by atoms with Gasteiger partial charge in [0.2, 0.25) is 0 Å². The molecule has 2 aliphatic rings. The Bertz CT molecular complexity index is 1010. The molecular weight excluding hydrogens is 440 g/mol. The zero-order chi connectivity index (χ0) is 22.7. The molecule has 2 aromatic rings. The van der Waals surface area contributed by atoms with Gasteiger partial charge in [0.15, 0.2) is 24.8 Å². The van der Waals surface area contributed by atoms with Crippen molar-refractivity contribution >= 4 is 16.1 Å². The van der Waals surface area contributed by atoms with Crippen molar-refractivity contribution < 1.29 is 41.1 Å². The van der Waals surface area contributed by atoms with Gasteiger partial charge in [-0.05, 0) is 12.1 Å². The second-order valence-corrected chi connectivity index (χ2v) is 9.06. The number of esters is 1. The van der Waals surface area contributed by atoms with E-state index >= 15 is 0 Å². The molecule has 172 valence electrons. The highest BCUT2D eigenvalue weighted by Crippen LogP contribution is 2.37. The number of rotatable bonds is 6. The first kappa shape index (κ1) is 22.8. The average Bonchev–Trinajstić information content (AvgIpc) is 2.80. The molecule has 2 aliphatic heterocycles. The summed E-state index contributed by atoms with van der Waals surface area (Å²) in [5.74, 6) is -0.653. The highest BCUT2D eigenvalue weighted by atomic mass is 32.2. The lowest BCUT2D eigenvalue weighted by molar-refractivity contribution is -0.353. The van der Waals surface area contributed by atoms with Crippen LogP contribution in [0.4, 0.5) is 0 Å². The van der Waals surface area contributed by atoms with E-state index in [2.05, 4.69) is 0 Å². The molecule has 32 heavy (non-hydrogen) atoms. The smallest absolute Gasteiger partial charge is 0.338 e. The molecular formula is C22H24O9S. The van der Waals surface area contributed by atoms with Gasteiger partial charge in [-0.15, -0.1) is 0 Å². The zero-order valence-electron chi connectivity index (χ0n) is 17.5. The molecule has 0 radical (unpaired) electrons. The Morgan fingerprint density at radius 3 is 2.25 bits per heavy atom. The summed E-state index contributed by atoms with van der Waals surface area (Å²) in [6, 6.07) is 17.6. The highest BCUT2D eigenvalue weighted by molar-refractivity contribution is 7.86. The third kappa shape index (κ3) is 5.17. The van der Waals surface area contributed by atoms with Crippen LogP contribution in [0, 0.1) is 0 Å². The largest absolute Gasteiger partial charge is 0.453 e. The number of methoxy groups -OCH3 is 1. The van der Waals surface area contributed by atoms with Crippen LogP contribution in [0.3, 0.4) is 0 Å². The Kier molecular flexibility index (Phi) is 6.89. The third-order valence-corrected chi connectivity index (χ3v) is 5.70. The van der Waals surface area contributed by atoms with Crippen LogP contribution >= 0.6 is 0 Å². The minimum atomic E-state index is -3.94. The molecule has 0 spiro atoms. The fourth-order valence-electron chi connectivity index (χ4n) is 3.72. The van der Waals surface area contributed by atoms with E-state index < -0.39 is 53.1 Å². The molecule has 9 nitrogen and oxygen atoms in total. The summed E-state index contributed by atoms with van der Waals surface area (Å²) in [6.45, 7) is 0.120. The summed E-state index contributed by atoms with van der Waals surface area (Å²) in [6.07, 6.45) is -4.93. The molecule has 0 amide bonds. The quantitative estimate of drug-likeness (QED) is 0.469. The van der Waals surface area contributed by atoms with E-state index in [9.17, 15) is 13.2 Å². The second-order valence-electron chi connectivity index (χ2n) is 7.46. The fourth-order valence-corrected chi connectivity index (χ4v) is 4.32. The lowest BCUT2D eigenvalue weighted by Gasteiger charge is -2.47. The summed E-state index contributed by atoms with van der Waals surface area (Å²) in [4.78, 5) is 12.8. The molecule has 4 rings (SSSR count). The number of fused-ring (bicyclic) bond motifs is 1.